The monoisotopic (exact) mass is 469 g/mol. The van der Waals surface area contributed by atoms with Gasteiger partial charge in [-0.1, -0.05) is 29.3 Å². The lowest BCUT2D eigenvalue weighted by Gasteiger charge is -2.10. The van der Waals surface area contributed by atoms with Crippen molar-refractivity contribution in [2.24, 2.45) is 0 Å². The number of aromatic nitrogens is 1. The van der Waals surface area contributed by atoms with Crippen molar-refractivity contribution in [2.75, 3.05) is 5.32 Å². The maximum absolute atomic E-state index is 12.4. The number of hydrogen-bond acceptors (Lipinski definition) is 4. The van der Waals surface area contributed by atoms with Crippen LogP contribution in [0.25, 0.3) is 22.6 Å². The summed E-state index contributed by atoms with van der Waals surface area (Å²) in [5, 5.41) is 6.42. The second-order valence-electron chi connectivity index (χ2n) is 7.04. The molecule has 31 heavy (non-hydrogen) atoms. The standard InChI is InChI=1S/C23H17Cl2N3O2S/c1-12-3-4-15(9-13(12)2)22-27-19-11-16(6-8-20(19)30-22)26-23(31)28-21(29)14-5-7-17(24)18(25)10-14/h3-11H,1-2H3,(H2,26,28,29,31). The van der Waals surface area contributed by atoms with Crippen molar-refractivity contribution in [1.29, 1.82) is 0 Å². The molecular weight excluding hydrogens is 453 g/mol. The number of carbonyl (C=O) groups excluding carboxylic acids is 1. The molecule has 0 aliphatic carbocycles. The fourth-order valence-electron chi connectivity index (χ4n) is 2.98. The van der Waals surface area contributed by atoms with Gasteiger partial charge in [0.1, 0.15) is 5.52 Å². The van der Waals surface area contributed by atoms with Crippen molar-refractivity contribution in [1.82, 2.24) is 10.3 Å². The number of thiocarbonyl (C=S) groups is 1. The van der Waals surface area contributed by atoms with Crippen LogP contribution in [0.15, 0.2) is 59.0 Å². The summed E-state index contributed by atoms with van der Waals surface area (Å²) in [6.07, 6.45) is 0. The number of fused-ring (bicyclic) bond motifs is 1. The van der Waals surface area contributed by atoms with Crippen LogP contribution < -0.4 is 10.6 Å². The van der Waals surface area contributed by atoms with E-state index in [1.54, 1.807) is 30.3 Å². The zero-order valence-electron chi connectivity index (χ0n) is 16.6. The SMILES string of the molecule is Cc1ccc(-c2nc3cc(NC(=S)NC(=O)c4ccc(Cl)c(Cl)c4)ccc3o2)cc1C. The third kappa shape index (κ3) is 4.71. The Labute approximate surface area is 194 Å². The van der Waals surface area contributed by atoms with Crippen LogP contribution in [-0.2, 0) is 0 Å². The Bertz CT molecular complexity index is 1330. The molecule has 8 heteroatoms. The summed E-state index contributed by atoms with van der Waals surface area (Å²) < 4.78 is 5.89. The third-order valence-electron chi connectivity index (χ3n) is 4.81. The van der Waals surface area contributed by atoms with Gasteiger partial charge in [-0.3, -0.25) is 10.1 Å². The minimum absolute atomic E-state index is 0.147. The van der Waals surface area contributed by atoms with Gasteiger partial charge in [-0.25, -0.2) is 4.98 Å². The molecular formula is C23H17Cl2N3O2S. The highest BCUT2D eigenvalue weighted by Crippen LogP contribution is 2.27. The van der Waals surface area contributed by atoms with E-state index < -0.39 is 5.91 Å². The Hall–Kier alpha value is -2.93. The van der Waals surface area contributed by atoms with E-state index in [1.165, 1.54) is 17.2 Å². The number of oxazole rings is 1. The zero-order chi connectivity index (χ0) is 22.1. The summed E-state index contributed by atoms with van der Waals surface area (Å²) in [6.45, 7) is 4.11. The Morgan fingerprint density at radius 3 is 2.52 bits per heavy atom. The average Bonchev–Trinajstić information content (AvgIpc) is 3.15. The maximum Gasteiger partial charge on any atom is 0.257 e. The molecule has 1 heterocycles. The topological polar surface area (TPSA) is 67.2 Å². The van der Waals surface area contributed by atoms with Gasteiger partial charge < -0.3 is 9.73 Å². The van der Waals surface area contributed by atoms with Crippen LogP contribution in [0.2, 0.25) is 10.0 Å². The van der Waals surface area contributed by atoms with Crippen LogP contribution in [0.5, 0.6) is 0 Å². The van der Waals surface area contributed by atoms with Crippen molar-refractivity contribution in [3.8, 4) is 11.5 Å². The van der Waals surface area contributed by atoms with Crippen molar-refractivity contribution in [3.63, 3.8) is 0 Å². The first-order chi connectivity index (χ1) is 14.8. The van der Waals surface area contributed by atoms with E-state index >= 15 is 0 Å². The predicted molar refractivity (Wildman–Crippen MR) is 129 cm³/mol. The first-order valence-corrected chi connectivity index (χ1v) is 10.5. The van der Waals surface area contributed by atoms with Crippen molar-refractivity contribution >= 4 is 63.2 Å². The van der Waals surface area contributed by atoms with Crippen LogP contribution >= 0.6 is 35.4 Å². The third-order valence-corrected chi connectivity index (χ3v) is 5.75. The second kappa shape index (κ2) is 8.67. The second-order valence-corrected chi connectivity index (χ2v) is 8.26. The van der Waals surface area contributed by atoms with Gasteiger partial charge in [0, 0.05) is 16.8 Å². The molecule has 4 aromatic rings. The fourth-order valence-corrected chi connectivity index (χ4v) is 3.49. The highest BCUT2D eigenvalue weighted by atomic mass is 35.5. The molecule has 5 nitrogen and oxygen atoms in total. The lowest BCUT2D eigenvalue weighted by atomic mass is 10.1. The predicted octanol–water partition coefficient (Wildman–Crippen LogP) is 6.55. The highest BCUT2D eigenvalue weighted by molar-refractivity contribution is 7.80. The first kappa shape index (κ1) is 21.3. The van der Waals surface area contributed by atoms with Crippen molar-refractivity contribution in [2.45, 2.75) is 13.8 Å². The van der Waals surface area contributed by atoms with E-state index in [2.05, 4.69) is 29.5 Å². The molecule has 0 aliphatic heterocycles. The Balaban J connectivity index is 1.49. The molecule has 156 valence electrons. The van der Waals surface area contributed by atoms with Gasteiger partial charge in [-0.15, -0.1) is 0 Å². The number of rotatable bonds is 3. The molecule has 4 rings (SSSR count). The Morgan fingerprint density at radius 2 is 1.77 bits per heavy atom. The van der Waals surface area contributed by atoms with E-state index in [0.29, 0.717) is 38.3 Å². The summed E-state index contributed by atoms with van der Waals surface area (Å²) in [6, 6.07) is 16.1. The van der Waals surface area contributed by atoms with Crippen molar-refractivity contribution < 1.29 is 9.21 Å². The number of nitrogens with one attached hydrogen (secondary N) is 2. The summed E-state index contributed by atoms with van der Waals surface area (Å²) in [5.41, 5.74) is 5.66. The molecule has 3 aromatic carbocycles. The van der Waals surface area contributed by atoms with Crippen LogP contribution in [0.1, 0.15) is 21.5 Å². The van der Waals surface area contributed by atoms with Gasteiger partial charge in [0.05, 0.1) is 10.0 Å². The van der Waals surface area contributed by atoms with Gasteiger partial charge in [0.2, 0.25) is 5.89 Å². The van der Waals surface area contributed by atoms with Gasteiger partial charge >= 0.3 is 0 Å². The number of halogens is 2. The molecule has 0 saturated carbocycles. The first-order valence-electron chi connectivity index (χ1n) is 9.36. The summed E-state index contributed by atoms with van der Waals surface area (Å²) >= 11 is 17.1. The zero-order valence-corrected chi connectivity index (χ0v) is 19.0. The van der Waals surface area contributed by atoms with E-state index in [0.717, 1.165) is 5.56 Å². The Kier molecular flexibility index (Phi) is 5.96. The lowest BCUT2D eigenvalue weighted by Crippen LogP contribution is -2.34. The number of nitrogens with zero attached hydrogens (tertiary/aromatic N) is 1. The fraction of sp³-hybridized carbons (Fsp3) is 0.0870. The highest BCUT2D eigenvalue weighted by Gasteiger charge is 2.12. The molecule has 2 N–H and O–H groups in total. The number of amides is 1. The van der Waals surface area contributed by atoms with E-state index in [9.17, 15) is 4.79 Å². The van der Waals surface area contributed by atoms with Gasteiger partial charge in [-0.05, 0) is 85.7 Å². The number of anilines is 1. The molecule has 1 aromatic heterocycles. The van der Waals surface area contributed by atoms with Gasteiger partial charge in [0.25, 0.3) is 5.91 Å². The minimum atomic E-state index is -0.393. The van der Waals surface area contributed by atoms with Gasteiger partial charge in [-0.2, -0.15) is 0 Å². The van der Waals surface area contributed by atoms with E-state index in [-0.39, 0.29) is 5.11 Å². The molecule has 0 radical (unpaired) electrons. The molecule has 0 aliphatic rings. The summed E-state index contributed by atoms with van der Waals surface area (Å²) in [5.74, 6) is 0.154. The normalized spacial score (nSPS) is 10.8. The van der Waals surface area contributed by atoms with Crippen LogP contribution in [0, 0.1) is 13.8 Å². The molecule has 0 saturated heterocycles. The minimum Gasteiger partial charge on any atom is -0.436 e. The maximum atomic E-state index is 12.4. The summed E-state index contributed by atoms with van der Waals surface area (Å²) in [7, 11) is 0. The molecule has 0 spiro atoms. The molecule has 0 bridgehead atoms. The largest absolute Gasteiger partial charge is 0.436 e. The molecule has 0 atom stereocenters. The molecule has 0 fully saturated rings. The van der Waals surface area contributed by atoms with Crippen LogP contribution in [-0.4, -0.2) is 16.0 Å². The molecule has 1 amide bonds. The number of carbonyl (C=O) groups is 1. The molecule has 0 unspecified atom stereocenters. The quantitative estimate of drug-likeness (QED) is 0.333. The van der Waals surface area contributed by atoms with Gasteiger partial charge in [0.15, 0.2) is 10.7 Å². The lowest BCUT2D eigenvalue weighted by molar-refractivity contribution is 0.0977. The average molecular weight is 470 g/mol. The number of aryl methyl sites for hydroxylation is 2. The van der Waals surface area contributed by atoms with E-state index in [1.807, 2.05) is 18.2 Å². The summed E-state index contributed by atoms with van der Waals surface area (Å²) in [4.78, 5) is 16.9. The Morgan fingerprint density at radius 1 is 0.968 bits per heavy atom. The van der Waals surface area contributed by atoms with Crippen molar-refractivity contribution in [3.05, 3.63) is 81.3 Å². The number of hydrogen-bond donors (Lipinski definition) is 2. The van der Waals surface area contributed by atoms with Crippen LogP contribution in [0.3, 0.4) is 0 Å². The van der Waals surface area contributed by atoms with Crippen LogP contribution in [0.4, 0.5) is 5.69 Å². The number of benzene rings is 3. The smallest absolute Gasteiger partial charge is 0.257 e. The van der Waals surface area contributed by atoms with E-state index in [4.69, 9.17) is 39.8 Å².